The van der Waals surface area contributed by atoms with Crippen LogP contribution in [0.1, 0.15) is 37.1 Å². The molecule has 5 heteroatoms. The summed E-state index contributed by atoms with van der Waals surface area (Å²) >= 11 is 0. The molecule has 0 aliphatic heterocycles. The van der Waals surface area contributed by atoms with Crippen molar-refractivity contribution >= 4 is 11.8 Å². The zero-order chi connectivity index (χ0) is 11.7. The van der Waals surface area contributed by atoms with Gasteiger partial charge in [-0.15, -0.1) is 0 Å². The van der Waals surface area contributed by atoms with Crippen LogP contribution in [0.25, 0.3) is 0 Å². The van der Waals surface area contributed by atoms with Crippen LogP contribution in [0, 0.1) is 0 Å². The van der Waals surface area contributed by atoms with Crippen molar-refractivity contribution in [3.63, 3.8) is 0 Å². The van der Waals surface area contributed by atoms with Crippen molar-refractivity contribution < 1.29 is 9.53 Å². The van der Waals surface area contributed by atoms with E-state index in [0.29, 0.717) is 5.82 Å². The maximum absolute atomic E-state index is 11.5. The Labute approximate surface area is 94.6 Å². The predicted octanol–water partition coefficient (Wildman–Crippen LogP) is 1.08. The number of anilines is 1. The molecule has 0 unspecified atom stereocenters. The van der Waals surface area contributed by atoms with E-state index in [0.717, 1.165) is 36.9 Å². The van der Waals surface area contributed by atoms with Crippen LogP contribution < -0.4 is 5.73 Å². The predicted molar refractivity (Wildman–Crippen MR) is 60.0 cm³/mol. The Morgan fingerprint density at radius 2 is 2.19 bits per heavy atom. The molecular weight excluding hydrogens is 206 g/mol. The third kappa shape index (κ3) is 1.66. The molecule has 0 amide bonds. The molecule has 16 heavy (non-hydrogen) atoms. The number of hydrogen-bond donors (Lipinski definition) is 1. The summed E-state index contributed by atoms with van der Waals surface area (Å²) in [5.41, 5.74) is 8.07. The van der Waals surface area contributed by atoms with Crippen LogP contribution in [0.15, 0.2) is 0 Å². The monoisotopic (exact) mass is 223 g/mol. The Bertz CT molecular complexity index is 412. The summed E-state index contributed by atoms with van der Waals surface area (Å²) in [4.78, 5) is 11.5. The molecule has 1 aromatic rings. The molecule has 1 atom stereocenters. The molecule has 2 rings (SSSR count). The Balaban J connectivity index is 2.38. The van der Waals surface area contributed by atoms with Gasteiger partial charge in [0, 0.05) is 11.3 Å². The first-order chi connectivity index (χ1) is 7.65. The number of rotatable bonds is 2. The normalized spacial score (nSPS) is 16.6. The first kappa shape index (κ1) is 11.0. The van der Waals surface area contributed by atoms with Crippen molar-refractivity contribution in [2.24, 2.45) is 0 Å². The molecule has 1 heterocycles. The topological polar surface area (TPSA) is 70.1 Å². The van der Waals surface area contributed by atoms with Gasteiger partial charge in [-0.3, -0.25) is 4.68 Å². The fourth-order valence-electron chi connectivity index (χ4n) is 2.25. The molecule has 5 nitrogen and oxygen atoms in total. The van der Waals surface area contributed by atoms with Crippen LogP contribution in [-0.4, -0.2) is 22.9 Å². The lowest BCUT2D eigenvalue weighted by atomic mass is 9.97. The second kappa shape index (κ2) is 4.15. The number of methoxy groups -OCH3 is 1. The molecule has 0 bridgehead atoms. The van der Waals surface area contributed by atoms with Gasteiger partial charge in [0.15, 0.2) is 0 Å². The lowest BCUT2D eigenvalue weighted by Gasteiger charge is -2.17. The number of aromatic nitrogens is 2. The minimum absolute atomic E-state index is 0.282. The largest absolute Gasteiger partial charge is 0.467 e. The molecule has 1 aliphatic rings. The van der Waals surface area contributed by atoms with Gasteiger partial charge in [0.05, 0.1) is 7.11 Å². The van der Waals surface area contributed by atoms with E-state index in [9.17, 15) is 4.79 Å². The molecule has 0 saturated heterocycles. The summed E-state index contributed by atoms with van der Waals surface area (Å²) in [5.74, 6) is 0.279. The highest BCUT2D eigenvalue weighted by molar-refractivity contribution is 5.73. The zero-order valence-corrected chi connectivity index (χ0v) is 9.69. The Morgan fingerprint density at radius 3 is 2.88 bits per heavy atom. The molecule has 0 radical (unpaired) electrons. The molecular formula is C11H17N3O2. The van der Waals surface area contributed by atoms with Crippen molar-refractivity contribution in [1.82, 2.24) is 9.78 Å². The highest BCUT2D eigenvalue weighted by Crippen LogP contribution is 2.28. The van der Waals surface area contributed by atoms with E-state index < -0.39 is 6.04 Å². The lowest BCUT2D eigenvalue weighted by molar-refractivity contribution is -0.144. The highest BCUT2D eigenvalue weighted by Gasteiger charge is 2.25. The Kier molecular flexibility index (Phi) is 2.85. The first-order valence-corrected chi connectivity index (χ1v) is 5.58. The van der Waals surface area contributed by atoms with Crippen molar-refractivity contribution in [3.8, 4) is 0 Å². The van der Waals surface area contributed by atoms with Gasteiger partial charge >= 0.3 is 5.97 Å². The SMILES string of the molecule is COC(=O)[C@@H](C)n1nc(N)c2c1CCCC2. The number of carbonyl (C=O) groups excluding carboxylic acids is 1. The van der Waals surface area contributed by atoms with Gasteiger partial charge in [-0.25, -0.2) is 4.79 Å². The standard InChI is InChI=1S/C11H17N3O2/c1-7(11(15)16-2)14-9-6-4-3-5-8(9)10(12)13-14/h7H,3-6H2,1-2H3,(H2,12,13)/t7-/m1/s1. The summed E-state index contributed by atoms with van der Waals surface area (Å²) in [6.45, 7) is 1.78. The number of nitrogens with two attached hydrogens (primary N) is 1. The lowest BCUT2D eigenvalue weighted by Crippen LogP contribution is -2.21. The van der Waals surface area contributed by atoms with Crippen LogP contribution >= 0.6 is 0 Å². The molecule has 88 valence electrons. The highest BCUT2D eigenvalue weighted by atomic mass is 16.5. The van der Waals surface area contributed by atoms with Gasteiger partial charge < -0.3 is 10.5 Å². The maximum Gasteiger partial charge on any atom is 0.330 e. The minimum Gasteiger partial charge on any atom is -0.467 e. The summed E-state index contributed by atoms with van der Waals surface area (Å²) in [5, 5.41) is 4.25. The second-order valence-corrected chi connectivity index (χ2v) is 4.16. The van der Waals surface area contributed by atoms with Gasteiger partial charge in [0.2, 0.25) is 0 Å². The quantitative estimate of drug-likeness (QED) is 0.761. The average molecular weight is 223 g/mol. The van der Waals surface area contributed by atoms with Crippen LogP contribution in [0.5, 0.6) is 0 Å². The Hall–Kier alpha value is -1.52. The molecule has 1 aromatic heterocycles. The molecule has 0 aromatic carbocycles. The van der Waals surface area contributed by atoms with E-state index in [1.807, 2.05) is 0 Å². The van der Waals surface area contributed by atoms with E-state index in [-0.39, 0.29) is 5.97 Å². The van der Waals surface area contributed by atoms with Crippen LogP contribution in [-0.2, 0) is 22.4 Å². The molecule has 2 N–H and O–H groups in total. The minimum atomic E-state index is -0.394. The fraction of sp³-hybridized carbons (Fsp3) is 0.636. The number of nitrogens with zero attached hydrogens (tertiary/aromatic N) is 2. The number of ether oxygens (including phenoxy) is 1. The number of hydrogen-bond acceptors (Lipinski definition) is 4. The first-order valence-electron chi connectivity index (χ1n) is 5.58. The number of fused-ring (bicyclic) bond motifs is 1. The Morgan fingerprint density at radius 1 is 1.50 bits per heavy atom. The summed E-state index contributed by atoms with van der Waals surface area (Å²) in [7, 11) is 1.39. The zero-order valence-electron chi connectivity index (χ0n) is 9.69. The fourth-order valence-corrected chi connectivity index (χ4v) is 2.25. The molecule has 0 saturated carbocycles. The van der Waals surface area contributed by atoms with Crippen molar-refractivity contribution in [3.05, 3.63) is 11.3 Å². The number of carbonyl (C=O) groups is 1. The molecule has 0 fully saturated rings. The van der Waals surface area contributed by atoms with Gasteiger partial charge in [-0.2, -0.15) is 5.10 Å². The molecule has 1 aliphatic carbocycles. The third-order valence-electron chi connectivity index (χ3n) is 3.15. The van der Waals surface area contributed by atoms with Gasteiger partial charge in [-0.1, -0.05) is 0 Å². The number of esters is 1. The average Bonchev–Trinajstić information content (AvgIpc) is 2.65. The molecule has 0 spiro atoms. The third-order valence-corrected chi connectivity index (χ3v) is 3.15. The van der Waals surface area contributed by atoms with E-state index in [1.165, 1.54) is 7.11 Å². The maximum atomic E-state index is 11.5. The van der Waals surface area contributed by atoms with E-state index >= 15 is 0 Å². The van der Waals surface area contributed by atoms with Crippen molar-refractivity contribution in [2.75, 3.05) is 12.8 Å². The van der Waals surface area contributed by atoms with Crippen LogP contribution in [0.2, 0.25) is 0 Å². The van der Waals surface area contributed by atoms with Gasteiger partial charge in [0.1, 0.15) is 11.9 Å². The number of nitrogen functional groups attached to an aromatic ring is 1. The van der Waals surface area contributed by atoms with E-state index in [1.54, 1.807) is 11.6 Å². The van der Waals surface area contributed by atoms with E-state index in [4.69, 9.17) is 10.5 Å². The van der Waals surface area contributed by atoms with E-state index in [2.05, 4.69) is 5.10 Å². The van der Waals surface area contributed by atoms with Crippen LogP contribution in [0.3, 0.4) is 0 Å². The van der Waals surface area contributed by atoms with Gasteiger partial charge in [-0.05, 0) is 32.6 Å². The summed E-state index contributed by atoms with van der Waals surface area (Å²) in [6, 6.07) is -0.394. The van der Waals surface area contributed by atoms with Crippen molar-refractivity contribution in [1.29, 1.82) is 0 Å². The van der Waals surface area contributed by atoms with Gasteiger partial charge in [0.25, 0.3) is 0 Å². The van der Waals surface area contributed by atoms with Crippen LogP contribution in [0.4, 0.5) is 5.82 Å². The van der Waals surface area contributed by atoms with Crippen molar-refractivity contribution in [2.45, 2.75) is 38.6 Å². The second-order valence-electron chi connectivity index (χ2n) is 4.16. The summed E-state index contributed by atoms with van der Waals surface area (Å²) in [6.07, 6.45) is 4.19. The smallest absolute Gasteiger partial charge is 0.330 e. The summed E-state index contributed by atoms with van der Waals surface area (Å²) < 4.78 is 6.44.